The maximum Gasteiger partial charge on any atom is 0.178 e. The minimum atomic E-state index is -0.245. The summed E-state index contributed by atoms with van der Waals surface area (Å²) in [6, 6.07) is 3.90. The zero-order chi connectivity index (χ0) is 13.1. The van der Waals surface area contributed by atoms with Crippen molar-refractivity contribution in [1.82, 2.24) is 9.55 Å². The van der Waals surface area contributed by atoms with Gasteiger partial charge in [0.2, 0.25) is 0 Å². The van der Waals surface area contributed by atoms with Crippen molar-refractivity contribution >= 4 is 39.2 Å². The van der Waals surface area contributed by atoms with Crippen LogP contribution in [0.5, 0.6) is 0 Å². The van der Waals surface area contributed by atoms with Crippen LogP contribution in [0.1, 0.15) is 31.7 Å². The number of H-pyrrole nitrogens is 1. The third-order valence-electron chi connectivity index (χ3n) is 4.27. The second-order valence-electron chi connectivity index (χ2n) is 5.75. The van der Waals surface area contributed by atoms with Gasteiger partial charge in [-0.25, -0.2) is 4.39 Å². The van der Waals surface area contributed by atoms with Crippen molar-refractivity contribution in [1.29, 1.82) is 0 Å². The van der Waals surface area contributed by atoms with E-state index in [1.807, 2.05) is 6.07 Å². The van der Waals surface area contributed by atoms with Crippen LogP contribution in [0.3, 0.4) is 0 Å². The molecule has 2 nitrogen and oxygen atoms in total. The number of fused-ring (bicyclic) bond motifs is 1. The van der Waals surface area contributed by atoms with Crippen LogP contribution in [0, 0.1) is 22.4 Å². The maximum absolute atomic E-state index is 13.6. The van der Waals surface area contributed by atoms with Gasteiger partial charge in [-0.15, -0.1) is 0 Å². The molecule has 0 saturated heterocycles. The van der Waals surface area contributed by atoms with Gasteiger partial charge < -0.3 is 9.55 Å². The van der Waals surface area contributed by atoms with Crippen LogP contribution in [0.4, 0.5) is 4.39 Å². The average Bonchev–Trinajstić information content (AvgIpc) is 3.24. The molecule has 0 atom stereocenters. The summed E-state index contributed by atoms with van der Waals surface area (Å²) in [4.78, 5) is 3.16. The molecule has 100 valence electrons. The molecule has 0 radical (unpaired) electrons. The smallest absolute Gasteiger partial charge is 0.178 e. The van der Waals surface area contributed by atoms with Crippen molar-refractivity contribution in [2.45, 2.75) is 31.7 Å². The topological polar surface area (TPSA) is 20.7 Å². The first-order valence-corrected chi connectivity index (χ1v) is 7.94. The minimum Gasteiger partial charge on any atom is -0.330 e. The molecule has 1 heterocycles. The first-order valence-electron chi connectivity index (χ1n) is 6.74. The highest BCUT2D eigenvalue weighted by atomic mass is 79.9. The fourth-order valence-electron chi connectivity index (χ4n) is 3.10. The van der Waals surface area contributed by atoms with Crippen LogP contribution >= 0.6 is 28.1 Å². The highest BCUT2D eigenvalue weighted by Gasteiger charge is 2.43. The van der Waals surface area contributed by atoms with Gasteiger partial charge in [0.05, 0.1) is 15.5 Å². The zero-order valence-electron chi connectivity index (χ0n) is 10.3. The molecular formula is C14H14BrFN2S. The van der Waals surface area contributed by atoms with Gasteiger partial charge in [-0.2, -0.15) is 0 Å². The summed E-state index contributed by atoms with van der Waals surface area (Å²) in [5.74, 6) is 1.29. The predicted molar refractivity (Wildman–Crippen MR) is 79.3 cm³/mol. The minimum absolute atomic E-state index is 0.245. The molecule has 0 unspecified atom stereocenters. The molecular weight excluding hydrogens is 327 g/mol. The summed E-state index contributed by atoms with van der Waals surface area (Å²) < 4.78 is 17.1. The van der Waals surface area contributed by atoms with Gasteiger partial charge >= 0.3 is 0 Å². The molecule has 0 amide bonds. The molecule has 0 spiro atoms. The van der Waals surface area contributed by atoms with E-state index >= 15 is 0 Å². The van der Waals surface area contributed by atoms with Gasteiger partial charge in [-0.1, -0.05) is 0 Å². The van der Waals surface area contributed by atoms with E-state index < -0.39 is 0 Å². The maximum atomic E-state index is 13.6. The second-order valence-corrected chi connectivity index (χ2v) is 6.99. The van der Waals surface area contributed by atoms with Crippen LogP contribution in [0.25, 0.3) is 11.0 Å². The Labute approximate surface area is 124 Å². The fraction of sp³-hybridized carbons (Fsp3) is 0.500. The van der Waals surface area contributed by atoms with Gasteiger partial charge in [0.25, 0.3) is 0 Å². The summed E-state index contributed by atoms with van der Waals surface area (Å²) in [5.41, 5.74) is 1.83. The number of hydrogen-bond donors (Lipinski definition) is 1. The lowest BCUT2D eigenvalue weighted by Gasteiger charge is -2.18. The molecule has 0 aliphatic heterocycles. The predicted octanol–water partition coefficient (Wildman–Crippen LogP) is 4.96. The second kappa shape index (κ2) is 4.16. The van der Waals surface area contributed by atoms with Crippen LogP contribution < -0.4 is 0 Å². The highest BCUT2D eigenvalue weighted by Crippen LogP contribution is 2.52. The SMILES string of the molecule is Fc1cc2[nH]c(=S)n(C(C3CC3)C3CC3)c2cc1Br. The lowest BCUT2D eigenvalue weighted by Crippen LogP contribution is -2.13. The van der Waals surface area contributed by atoms with Gasteiger partial charge in [-0.3, -0.25) is 0 Å². The molecule has 4 rings (SSSR count). The Balaban J connectivity index is 1.94. The van der Waals surface area contributed by atoms with Crippen LogP contribution in [-0.4, -0.2) is 9.55 Å². The Kier molecular flexibility index (Phi) is 2.64. The molecule has 5 heteroatoms. The zero-order valence-corrected chi connectivity index (χ0v) is 12.7. The number of halogens is 2. The quantitative estimate of drug-likeness (QED) is 0.783. The van der Waals surface area contributed by atoms with E-state index in [1.165, 1.54) is 31.7 Å². The molecule has 2 fully saturated rings. The monoisotopic (exact) mass is 340 g/mol. The van der Waals surface area contributed by atoms with E-state index in [2.05, 4.69) is 25.5 Å². The molecule has 0 bridgehead atoms. The number of aromatic amines is 1. The number of imidazole rings is 1. The largest absolute Gasteiger partial charge is 0.330 e. The molecule has 1 aromatic heterocycles. The lowest BCUT2D eigenvalue weighted by molar-refractivity contribution is 0.400. The number of hydrogen-bond acceptors (Lipinski definition) is 1. The van der Waals surface area contributed by atoms with Gasteiger partial charge in [0.1, 0.15) is 5.82 Å². The van der Waals surface area contributed by atoms with Crippen LogP contribution in [0.2, 0.25) is 0 Å². The van der Waals surface area contributed by atoms with Gasteiger partial charge in [-0.05, 0) is 71.7 Å². The number of benzene rings is 1. The Morgan fingerprint density at radius 2 is 1.89 bits per heavy atom. The molecule has 2 aliphatic rings. The first-order chi connectivity index (χ1) is 9.15. The van der Waals surface area contributed by atoms with Crippen molar-refractivity contribution in [3.8, 4) is 0 Å². The third kappa shape index (κ3) is 1.98. The standard InChI is InChI=1S/C14H14BrFN2S/c15-9-5-12-11(6-10(9)16)17-14(19)18(12)13(7-1-2-7)8-3-4-8/h5-8,13H,1-4H2,(H,17,19). The van der Waals surface area contributed by atoms with E-state index in [-0.39, 0.29) is 5.82 Å². The summed E-state index contributed by atoms with van der Waals surface area (Å²) in [6.07, 6.45) is 5.21. The van der Waals surface area contributed by atoms with Crippen molar-refractivity contribution < 1.29 is 4.39 Å². The van der Waals surface area contributed by atoms with Crippen LogP contribution in [-0.2, 0) is 0 Å². The van der Waals surface area contributed by atoms with Crippen LogP contribution in [0.15, 0.2) is 16.6 Å². The Hall–Kier alpha value is -0.680. The Morgan fingerprint density at radius 3 is 2.47 bits per heavy atom. The van der Waals surface area contributed by atoms with E-state index in [0.717, 1.165) is 27.6 Å². The van der Waals surface area contributed by atoms with E-state index in [0.29, 0.717) is 10.5 Å². The summed E-state index contributed by atoms with van der Waals surface area (Å²) >= 11 is 8.76. The van der Waals surface area contributed by atoms with E-state index in [1.54, 1.807) is 0 Å². The summed E-state index contributed by atoms with van der Waals surface area (Å²) in [6.45, 7) is 0. The number of nitrogens with one attached hydrogen (secondary N) is 1. The van der Waals surface area contributed by atoms with Gasteiger partial charge in [0.15, 0.2) is 4.77 Å². The number of nitrogens with zero attached hydrogens (tertiary/aromatic N) is 1. The third-order valence-corrected chi connectivity index (χ3v) is 5.17. The van der Waals surface area contributed by atoms with E-state index in [9.17, 15) is 4.39 Å². The fourth-order valence-corrected chi connectivity index (χ4v) is 3.76. The molecule has 1 aromatic carbocycles. The number of rotatable bonds is 3. The van der Waals surface area contributed by atoms with Gasteiger partial charge in [0, 0.05) is 12.1 Å². The Bertz CT molecular complexity index is 700. The first kappa shape index (κ1) is 12.1. The lowest BCUT2D eigenvalue weighted by atomic mass is 10.1. The molecule has 2 aliphatic carbocycles. The highest BCUT2D eigenvalue weighted by molar-refractivity contribution is 9.10. The molecule has 1 N–H and O–H groups in total. The number of aromatic nitrogens is 2. The van der Waals surface area contributed by atoms with Crippen molar-refractivity contribution in [3.63, 3.8) is 0 Å². The average molecular weight is 341 g/mol. The molecule has 2 aromatic rings. The summed E-state index contributed by atoms with van der Waals surface area (Å²) in [5, 5.41) is 0. The van der Waals surface area contributed by atoms with Crippen molar-refractivity contribution in [2.75, 3.05) is 0 Å². The molecule has 19 heavy (non-hydrogen) atoms. The Morgan fingerprint density at radius 1 is 1.26 bits per heavy atom. The van der Waals surface area contributed by atoms with Crippen molar-refractivity contribution in [2.24, 2.45) is 11.8 Å². The molecule has 2 saturated carbocycles. The van der Waals surface area contributed by atoms with Crippen molar-refractivity contribution in [3.05, 3.63) is 27.2 Å². The van der Waals surface area contributed by atoms with E-state index in [4.69, 9.17) is 12.2 Å². The normalized spacial score (nSPS) is 19.5. The summed E-state index contributed by atoms with van der Waals surface area (Å²) in [7, 11) is 0.